The Labute approximate surface area is 181 Å². The van der Waals surface area contributed by atoms with Gasteiger partial charge >= 0.3 is 0 Å². The van der Waals surface area contributed by atoms with Crippen LogP contribution in [-0.4, -0.2) is 62.0 Å². The standard InChI is InChI=1S/C23H26N8/c1-3-29-10-12-30(13-11-29)18-5-6-21(25-14-18)28-23-24-9-8-19(27-23)20-15-26-22-7-4-17(2)16-31(20)22/h4-9,14-16H,3,10-13H2,1-2H3,(H,24,25,27,28). The number of hydrogen-bond acceptors (Lipinski definition) is 7. The zero-order valence-corrected chi connectivity index (χ0v) is 17.9. The summed E-state index contributed by atoms with van der Waals surface area (Å²) in [4.78, 5) is 22.9. The maximum absolute atomic E-state index is 4.68. The molecule has 0 atom stereocenters. The van der Waals surface area contributed by atoms with Crippen LogP contribution in [0.1, 0.15) is 12.5 Å². The van der Waals surface area contributed by atoms with Gasteiger partial charge in [-0.3, -0.25) is 4.40 Å². The highest BCUT2D eigenvalue weighted by molar-refractivity contribution is 5.62. The van der Waals surface area contributed by atoms with Crippen LogP contribution in [0.25, 0.3) is 17.0 Å². The number of aromatic nitrogens is 5. The minimum absolute atomic E-state index is 0.511. The van der Waals surface area contributed by atoms with E-state index in [1.165, 1.54) is 5.56 Å². The Morgan fingerprint density at radius 2 is 1.81 bits per heavy atom. The van der Waals surface area contributed by atoms with Gasteiger partial charge in [-0.1, -0.05) is 13.0 Å². The molecule has 0 spiro atoms. The highest BCUT2D eigenvalue weighted by atomic mass is 15.3. The fourth-order valence-corrected chi connectivity index (χ4v) is 3.92. The number of hydrogen-bond donors (Lipinski definition) is 1. The lowest BCUT2D eigenvalue weighted by atomic mass is 10.2. The number of nitrogens with zero attached hydrogens (tertiary/aromatic N) is 7. The molecule has 0 amide bonds. The molecule has 0 aliphatic carbocycles. The van der Waals surface area contributed by atoms with Crippen molar-refractivity contribution >= 4 is 23.1 Å². The van der Waals surface area contributed by atoms with Crippen LogP contribution in [0.15, 0.2) is 55.1 Å². The Morgan fingerprint density at radius 1 is 0.935 bits per heavy atom. The van der Waals surface area contributed by atoms with Crippen LogP contribution in [0, 0.1) is 6.92 Å². The average molecular weight is 415 g/mol. The lowest BCUT2D eigenvalue weighted by Gasteiger charge is -2.35. The summed E-state index contributed by atoms with van der Waals surface area (Å²) in [5.74, 6) is 1.24. The number of pyridine rings is 2. The minimum Gasteiger partial charge on any atom is -0.368 e. The summed E-state index contributed by atoms with van der Waals surface area (Å²) in [6.45, 7) is 9.65. The summed E-state index contributed by atoms with van der Waals surface area (Å²) in [5, 5.41) is 3.22. The Bertz CT molecular complexity index is 1180. The number of nitrogens with one attached hydrogen (secondary N) is 1. The highest BCUT2D eigenvalue weighted by Gasteiger charge is 2.16. The molecule has 1 aliphatic rings. The quantitative estimate of drug-likeness (QED) is 0.537. The third-order valence-corrected chi connectivity index (χ3v) is 5.74. The van der Waals surface area contributed by atoms with Crippen LogP contribution in [-0.2, 0) is 0 Å². The predicted octanol–water partition coefficient (Wildman–Crippen LogP) is 3.38. The molecule has 4 aromatic heterocycles. The molecule has 31 heavy (non-hydrogen) atoms. The van der Waals surface area contributed by atoms with Crippen LogP contribution >= 0.6 is 0 Å². The molecule has 1 saturated heterocycles. The molecule has 158 valence electrons. The molecule has 1 N–H and O–H groups in total. The van der Waals surface area contributed by atoms with E-state index in [2.05, 4.69) is 67.2 Å². The molecule has 1 aliphatic heterocycles. The molecule has 0 bridgehead atoms. The molecule has 5 heterocycles. The van der Waals surface area contributed by atoms with Crippen molar-refractivity contribution in [3.8, 4) is 11.4 Å². The normalized spacial score (nSPS) is 14.8. The van der Waals surface area contributed by atoms with Crippen LogP contribution in [0.4, 0.5) is 17.5 Å². The van der Waals surface area contributed by atoms with Crippen LogP contribution in [0.3, 0.4) is 0 Å². The first-order valence-corrected chi connectivity index (χ1v) is 10.7. The van der Waals surface area contributed by atoms with Crippen molar-refractivity contribution in [3.05, 3.63) is 60.7 Å². The molecular weight excluding hydrogens is 388 g/mol. The summed E-state index contributed by atoms with van der Waals surface area (Å²) < 4.78 is 2.05. The molecule has 4 aromatic rings. The van der Waals surface area contributed by atoms with E-state index >= 15 is 0 Å². The van der Waals surface area contributed by atoms with Gasteiger partial charge in [0.25, 0.3) is 0 Å². The second kappa shape index (κ2) is 8.31. The third kappa shape index (κ3) is 4.06. The van der Waals surface area contributed by atoms with Crippen molar-refractivity contribution in [2.45, 2.75) is 13.8 Å². The first kappa shape index (κ1) is 19.4. The average Bonchev–Trinajstić information content (AvgIpc) is 3.23. The highest BCUT2D eigenvalue weighted by Crippen LogP contribution is 2.22. The molecule has 0 unspecified atom stereocenters. The molecule has 5 rings (SSSR count). The van der Waals surface area contributed by atoms with E-state index in [9.17, 15) is 0 Å². The summed E-state index contributed by atoms with van der Waals surface area (Å²) in [6.07, 6.45) is 7.57. The van der Waals surface area contributed by atoms with Crippen LogP contribution < -0.4 is 10.2 Å². The Morgan fingerprint density at radius 3 is 2.58 bits per heavy atom. The van der Waals surface area contributed by atoms with Gasteiger partial charge in [-0.15, -0.1) is 0 Å². The van der Waals surface area contributed by atoms with Gasteiger partial charge in [0.1, 0.15) is 11.5 Å². The van der Waals surface area contributed by atoms with E-state index in [1.54, 1.807) is 6.20 Å². The minimum atomic E-state index is 0.511. The van der Waals surface area contributed by atoms with Crippen molar-refractivity contribution in [3.63, 3.8) is 0 Å². The van der Waals surface area contributed by atoms with E-state index in [-0.39, 0.29) is 0 Å². The SMILES string of the molecule is CCN1CCN(c2ccc(Nc3nccc(-c4cnc5ccc(C)cn45)n3)nc2)CC1. The second-order valence-electron chi connectivity index (χ2n) is 7.79. The maximum Gasteiger partial charge on any atom is 0.228 e. The van der Waals surface area contributed by atoms with Crippen molar-refractivity contribution in [1.29, 1.82) is 0 Å². The van der Waals surface area contributed by atoms with Gasteiger partial charge in [0.05, 0.1) is 29.5 Å². The van der Waals surface area contributed by atoms with E-state index in [1.807, 2.05) is 35.0 Å². The lowest BCUT2D eigenvalue weighted by molar-refractivity contribution is 0.271. The largest absolute Gasteiger partial charge is 0.368 e. The van der Waals surface area contributed by atoms with Crippen molar-refractivity contribution < 1.29 is 0 Å². The summed E-state index contributed by atoms with van der Waals surface area (Å²) in [7, 11) is 0. The number of anilines is 3. The Hall–Kier alpha value is -3.52. The van der Waals surface area contributed by atoms with Gasteiger partial charge in [0.2, 0.25) is 5.95 Å². The molecule has 8 heteroatoms. The van der Waals surface area contributed by atoms with Gasteiger partial charge in [-0.2, -0.15) is 0 Å². The third-order valence-electron chi connectivity index (χ3n) is 5.74. The number of piperazine rings is 1. The lowest BCUT2D eigenvalue weighted by Crippen LogP contribution is -2.46. The zero-order chi connectivity index (χ0) is 21.2. The van der Waals surface area contributed by atoms with Crippen molar-refractivity contribution in [2.24, 2.45) is 0 Å². The number of likely N-dealkylation sites (N-methyl/N-ethyl adjacent to an activating group) is 1. The summed E-state index contributed by atoms with van der Waals surface area (Å²) in [5.41, 5.74) is 4.95. The molecule has 8 nitrogen and oxygen atoms in total. The predicted molar refractivity (Wildman–Crippen MR) is 123 cm³/mol. The molecule has 0 aromatic carbocycles. The van der Waals surface area contributed by atoms with Crippen LogP contribution in [0.2, 0.25) is 0 Å². The monoisotopic (exact) mass is 414 g/mol. The van der Waals surface area contributed by atoms with E-state index < -0.39 is 0 Å². The fourth-order valence-electron chi connectivity index (χ4n) is 3.92. The smallest absolute Gasteiger partial charge is 0.228 e. The summed E-state index contributed by atoms with van der Waals surface area (Å²) >= 11 is 0. The van der Waals surface area contributed by atoms with Crippen molar-refractivity contribution in [1.82, 2.24) is 29.2 Å². The number of rotatable bonds is 5. The van der Waals surface area contributed by atoms with Crippen LogP contribution in [0.5, 0.6) is 0 Å². The fraction of sp³-hybridized carbons (Fsp3) is 0.304. The Balaban J connectivity index is 1.32. The number of fused-ring (bicyclic) bond motifs is 1. The molecule has 1 fully saturated rings. The van der Waals surface area contributed by atoms with Gasteiger partial charge in [-0.05, 0) is 43.3 Å². The molecule has 0 saturated carbocycles. The Kier molecular flexibility index (Phi) is 5.21. The second-order valence-corrected chi connectivity index (χ2v) is 7.79. The first-order chi connectivity index (χ1) is 15.2. The number of aryl methyl sites for hydroxylation is 1. The van der Waals surface area contributed by atoms with Gasteiger partial charge in [0.15, 0.2) is 0 Å². The van der Waals surface area contributed by atoms with E-state index in [0.29, 0.717) is 5.95 Å². The summed E-state index contributed by atoms with van der Waals surface area (Å²) in [6, 6.07) is 10.0. The number of imidazole rings is 1. The van der Waals surface area contributed by atoms with E-state index in [4.69, 9.17) is 0 Å². The topological polar surface area (TPSA) is 74.5 Å². The molecule has 0 radical (unpaired) electrons. The van der Waals surface area contributed by atoms with E-state index in [0.717, 1.165) is 61.3 Å². The molecular formula is C23H26N8. The zero-order valence-electron chi connectivity index (χ0n) is 17.9. The maximum atomic E-state index is 4.68. The van der Waals surface area contributed by atoms with Gasteiger partial charge < -0.3 is 15.1 Å². The van der Waals surface area contributed by atoms with Gasteiger partial charge in [0, 0.05) is 38.6 Å². The van der Waals surface area contributed by atoms with Crippen molar-refractivity contribution in [2.75, 3.05) is 42.9 Å². The first-order valence-electron chi connectivity index (χ1n) is 10.7. The van der Waals surface area contributed by atoms with Gasteiger partial charge in [-0.25, -0.2) is 19.9 Å².